The van der Waals surface area contributed by atoms with E-state index >= 15 is 0 Å². The molecule has 4 aromatic rings. The molecule has 0 atom stereocenters. The van der Waals surface area contributed by atoms with Gasteiger partial charge in [-0.1, -0.05) is 42.5 Å². The highest BCUT2D eigenvalue weighted by molar-refractivity contribution is 5.65. The van der Waals surface area contributed by atoms with Gasteiger partial charge in [0, 0.05) is 6.08 Å². The summed E-state index contributed by atoms with van der Waals surface area (Å²) in [7, 11) is 0. The lowest BCUT2D eigenvalue weighted by molar-refractivity contribution is 0.301. The summed E-state index contributed by atoms with van der Waals surface area (Å²) in [6.07, 6.45) is 8.64. The first kappa shape index (κ1) is 16.8. The molecule has 0 unspecified atom stereocenters. The van der Waals surface area contributed by atoms with Crippen LogP contribution in [0.3, 0.4) is 0 Å². The van der Waals surface area contributed by atoms with Crippen molar-refractivity contribution in [1.82, 2.24) is 19.7 Å². The van der Waals surface area contributed by atoms with Crippen molar-refractivity contribution >= 4 is 12.2 Å². The van der Waals surface area contributed by atoms with Gasteiger partial charge in [-0.3, -0.25) is 0 Å². The van der Waals surface area contributed by atoms with E-state index in [-0.39, 0.29) is 0 Å². The molecule has 0 amide bonds. The lowest BCUT2D eigenvalue weighted by Gasteiger charge is -2.05. The predicted octanol–water partition coefficient (Wildman–Crippen LogP) is 4.06. The van der Waals surface area contributed by atoms with Gasteiger partial charge in [-0.05, 0) is 29.3 Å². The van der Waals surface area contributed by atoms with Crippen LogP contribution in [0.1, 0.15) is 22.7 Å². The van der Waals surface area contributed by atoms with Gasteiger partial charge in [0.1, 0.15) is 37.0 Å². The molecular weight excluding hydrogens is 340 g/mol. The lowest BCUT2D eigenvalue weighted by Crippen LogP contribution is -2.00. The Kier molecular flexibility index (Phi) is 5.06. The monoisotopic (exact) mass is 358 g/mol. The van der Waals surface area contributed by atoms with Crippen LogP contribution in [0.4, 0.5) is 0 Å². The van der Waals surface area contributed by atoms with Crippen LogP contribution < -0.4 is 4.74 Å². The van der Waals surface area contributed by atoms with Crippen LogP contribution in [0, 0.1) is 0 Å². The molecule has 0 spiro atoms. The predicted molar refractivity (Wildman–Crippen MR) is 102 cm³/mol. The Balaban J connectivity index is 1.31. The zero-order valence-corrected chi connectivity index (χ0v) is 14.6. The van der Waals surface area contributed by atoms with Crippen LogP contribution in [0.15, 0.2) is 77.9 Å². The molecule has 0 saturated carbocycles. The molecule has 6 heteroatoms. The summed E-state index contributed by atoms with van der Waals surface area (Å²) in [4.78, 5) is 8.35. The number of aromatic nitrogens is 4. The molecule has 0 bridgehead atoms. The molecule has 134 valence electrons. The minimum Gasteiger partial charge on any atom is -0.487 e. The number of hydrogen-bond donors (Lipinski definition) is 0. The number of rotatable bonds is 7. The molecule has 0 saturated heterocycles. The van der Waals surface area contributed by atoms with Crippen molar-refractivity contribution in [3.05, 3.63) is 96.2 Å². The average molecular weight is 358 g/mol. The van der Waals surface area contributed by atoms with Crippen molar-refractivity contribution in [2.24, 2.45) is 0 Å². The SMILES string of the molecule is C(=Cc1nc(COc2ccc(Cn3cncn3)cc2)co1)c1ccccc1. The van der Waals surface area contributed by atoms with E-state index in [0.29, 0.717) is 19.0 Å². The van der Waals surface area contributed by atoms with Crippen molar-refractivity contribution < 1.29 is 9.15 Å². The highest BCUT2D eigenvalue weighted by atomic mass is 16.5. The summed E-state index contributed by atoms with van der Waals surface area (Å²) in [6.45, 7) is 1.03. The first-order valence-electron chi connectivity index (χ1n) is 8.57. The van der Waals surface area contributed by atoms with Gasteiger partial charge in [0.15, 0.2) is 0 Å². The fraction of sp³-hybridized carbons (Fsp3) is 0.0952. The van der Waals surface area contributed by atoms with Crippen molar-refractivity contribution in [2.45, 2.75) is 13.2 Å². The molecular formula is C21H18N4O2. The van der Waals surface area contributed by atoms with Crippen LogP contribution in [0.2, 0.25) is 0 Å². The summed E-state index contributed by atoms with van der Waals surface area (Å²) >= 11 is 0. The second kappa shape index (κ2) is 8.14. The van der Waals surface area contributed by atoms with E-state index in [1.165, 1.54) is 6.33 Å². The van der Waals surface area contributed by atoms with Gasteiger partial charge in [-0.15, -0.1) is 0 Å². The van der Waals surface area contributed by atoms with E-state index in [4.69, 9.17) is 9.15 Å². The summed E-state index contributed by atoms with van der Waals surface area (Å²) < 4.78 is 13.0. The van der Waals surface area contributed by atoms with Gasteiger partial charge >= 0.3 is 0 Å². The zero-order chi connectivity index (χ0) is 18.3. The summed E-state index contributed by atoms with van der Waals surface area (Å²) in [5, 5.41) is 4.10. The second-order valence-electron chi connectivity index (χ2n) is 5.95. The lowest BCUT2D eigenvalue weighted by atomic mass is 10.2. The third kappa shape index (κ3) is 4.70. The fourth-order valence-electron chi connectivity index (χ4n) is 2.55. The van der Waals surface area contributed by atoms with Crippen LogP contribution in [0.5, 0.6) is 5.75 Å². The molecule has 0 aliphatic rings. The van der Waals surface area contributed by atoms with Gasteiger partial charge < -0.3 is 9.15 Å². The maximum atomic E-state index is 5.78. The third-order valence-electron chi connectivity index (χ3n) is 3.91. The van der Waals surface area contributed by atoms with Crippen molar-refractivity contribution in [1.29, 1.82) is 0 Å². The first-order valence-corrected chi connectivity index (χ1v) is 8.57. The molecule has 2 aromatic carbocycles. The number of benzene rings is 2. The molecule has 0 fully saturated rings. The minimum atomic E-state index is 0.352. The van der Waals surface area contributed by atoms with E-state index in [9.17, 15) is 0 Å². The molecule has 2 heterocycles. The molecule has 0 radical (unpaired) electrons. The standard InChI is InChI=1S/C21H18N4O2/c1-2-4-17(5-3-1)8-11-21-24-19(14-27-21)13-26-20-9-6-18(7-10-20)12-25-16-22-15-23-25/h1-11,14-16H,12-13H2. The molecule has 27 heavy (non-hydrogen) atoms. The van der Waals surface area contributed by atoms with E-state index in [1.807, 2.05) is 66.7 Å². The van der Waals surface area contributed by atoms with E-state index in [0.717, 1.165) is 22.6 Å². The highest BCUT2D eigenvalue weighted by Gasteiger charge is 2.03. The Morgan fingerprint density at radius 3 is 2.63 bits per heavy atom. The average Bonchev–Trinajstić information content (AvgIpc) is 3.39. The summed E-state index contributed by atoms with van der Waals surface area (Å²) in [6, 6.07) is 17.9. The Hall–Kier alpha value is -3.67. The van der Waals surface area contributed by atoms with Gasteiger partial charge in [-0.25, -0.2) is 14.6 Å². The molecule has 4 rings (SSSR count). The molecule has 0 aliphatic heterocycles. The zero-order valence-electron chi connectivity index (χ0n) is 14.6. The van der Waals surface area contributed by atoms with Gasteiger partial charge in [0.2, 0.25) is 5.89 Å². The van der Waals surface area contributed by atoms with Gasteiger partial charge in [0.05, 0.1) is 6.54 Å². The maximum absolute atomic E-state index is 5.78. The number of ether oxygens (including phenoxy) is 1. The molecule has 0 aliphatic carbocycles. The maximum Gasteiger partial charge on any atom is 0.218 e. The molecule has 2 aromatic heterocycles. The first-order chi connectivity index (χ1) is 13.3. The summed E-state index contributed by atoms with van der Waals surface area (Å²) in [5.41, 5.74) is 2.97. The quantitative estimate of drug-likeness (QED) is 0.498. The van der Waals surface area contributed by atoms with Crippen molar-refractivity contribution in [2.75, 3.05) is 0 Å². The number of nitrogens with zero attached hydrogens (tertiary/aromatic N) is 4. The van der Waals surface area contributed by atoms with E-state index in [1.54, 1.807) is 17.3 Å². The van der Waals surface area contributed by atoms with Gasteiger partial charge in [0.25, 0.3) is 0 Å². The number of hydrogen-bond acceptors (Lipinski definition) is 5. The topological polar surface area (TPSA) is 66.0 Å². The van der Waals surface area contributed by atoms with Crippen LogP contribution >= 0.6 is 0 Å². The second-order valence-corrected chi connectivity index (χ2v) is 5.95. The fourth-order valence-corrected chi connectivity index (χ4v) is 2.55. The Labute approximate surface area is 156 Å². The minimum absolute atomic E-state index is 0.352. The normalized spacial score (nSPS) is 11.1. The van der Waals surface area contributed by atoms with E-state index < -0.39 is 0 Å². The third-order valence-corrected chi connectivity index (χ3v) is 3.91. The highest BCUT2D eigenvalue weighted by Crippen LogP contribution is 2.15. The molecule has 0 N–H and O–H groups in total. The Bertz CT molecular complexity index is 990. The number of oxazole rings is 1. The van der Waals surface area contributed by atoms with Crippen molar-refractivity contribution in [3.8, 4) is 5.75 Å². The molecule has 6 nitrogen and oxygen atoms in total. The Morgan fingerprint density at radius 2 is 1.85 bits per heavy atom. The Morgan fingerprint density at radius 1 is 1.00 bits per heavy atom. The summed E-state index contributed by atoms with van der Waals surface area (Å²) in [5.74, 6) is 1.34. The van der Waals surface area contributed by atoms with Gasteiger partial charge in [-0.2, -0.15) is 5.10 Å². The van der Waals surface area contributed by atoms with Crippen LogP contribution in [-0.4, -0.2) is 19.7 Å². The van der Waals surface area contributed by atoms with Crippen LogP contribution in [-0.2, 0) is 13.2 Å². The van der Waals surface area contributed by atoms with Crippen LogP contribution in [0.25, 0.3) is 12.2 Å². The smallest absolute Gasteiger partial charge is 0.218 e. The van der Waals surface area contributed by atoms with E-state index in [2.05, 4.69) is 15.1 Å². The van der Waals surface area contributed by atoms with Crippen molar-refractivity contribution in [3.63, 3.8) is 0 Å². The largest absolute Gasteiger partial charge is 0.487 e.